The molecule has 1 unspecified atom stereocenters. The van der Waals surface area contributed by atoms with Crippen LogP contribution in [0.1, 0.15) is 70.4 Å². The third-order valence-electron chi connectivity index (χ3n) is 5.84. The molecule has 1 saturated heterocycles. The summed E-state index contributed by atoms with van der Waals surface area (Å²) in [6.07, 6.45) is 10.1. The predicted molar refractivity (Wildman–Crippen MR) is 100.0 cm³/mol. The number of hydrogen-bond acceptors (Lipinski definition) is 1. The minimum atomic E-state index is 0.264. The Hall–Kier alpha value is -0.820. The molecule has 0 amide bonds. The van der Waals surface area contributed by atoms with Gasteiger partial charge in [-0.1, -0.05) is 57.9 Å². The van der Waals surface area contributed by atoms with Crippen molar-refractivity contribution in [2.75, 3.05) is 19.6 Å². The molecule has 1 aliphatic carbocycles. The van der Waals surface area contributed by atoms with Crippen LogP contribution in [0.25, 0.3) is 0 Å². The molecule has 1 aromatic rings. The highest BCUT2D eigenvalue weighted by Crippen LogP contribution is 2.38. The largest absolute Gasteiger partial charge is 0.303 e. The van der Waals surface area contributed by atoms with E-state index in [1.807, 2.05) is 0 Å². The molecule has 1 aliphatic heterocycles. The van der Waals surface area contributed by atoms with E-state index in [9.17, 15) is 0 Å². The number of nitrogens with zero attached hydrogens (tertiary/aromatic N) is 1. The molecule has 0 radical (unpaired) electrons. The Bertz CT molecular complexity index is 478. The Morgan fingerprint density at radius 2 is 1.61 bits per heavy atom. The van der Waals surface area contributed by atoms with Crippen LogP contribution in [0, 0.1) is 11.8 Å². The van der Waals surface area contributed by atoms with Crippen LogP contribution in [0.3, 0.4) is 0 Å². The molecule has 1 saturated carbocycles. The molecule has 0 aromatic heterocycles. The van der Waals surface area contributed by atoms with Crippen LogP contribution in [0.15, 0.2) is 24.3 Å². The van der Waals surface area contributed by atoms with E-state index < -0.39 is 0 Å². The topological polar surface area (TPSA) is 3.24 Å². The van der Waals surface area contributed by atoms with Gasteiger partial charge < -0.3 is 4.90 Å². The number of hydrogen-bond donors (Lipinski definition) is 0. The Balaban J connectivity index is 1.44. The van der Waals surface area contributed by atoms with Crippen LogP contribution in [0.2, 0.25) is 0 Å². The molecule has 23 heavy (non-hydrogen) atoms. The van der Waals surface area contributed by atoms with Crippen molar-refractivity contribution in [3.05, 3.63) is 35.4 Å². The highest BCUT2D eigenvalue weighted by molar-refractivity contribution is 5.27. The highest BCUT2D eigenvalue weighted by atomic mass is 15.1. The Labute approximate surface area is 143 Å². The smallest absolute Gasteiger partial charge is 0.00218 e. The summed E-state index contributed by atoms with van der Waals surface area (Å²) >= 11 is 0. The zero-order valence-corrected chi connectivity index (χ0v) is 15.5. The molecule has 128 valence electrons. The maximum atomic E-state index is 2.71. The fourth-order valence-electron chi connectivity index (χ4n) is 3.97. The molecule has 2 fully saturated rings. The first-order chi connectivity index (χ1) is 11.0. The molecular formula is C22H35N. The van der Waals surface area contributed by atoms with Crippen LogP contribution in [0.4, 0.5) is 0 Å². The molecule has 1 aromatic carbocycles. The standard InChI is InChI=1S/C22H35N/c1-22(2,3)21-10-8-18(9-11-21)12-15-23-14-4-5-19(13-16-23)17-20-6-7-20/h8-11,19-20H,4-7,12-17H2,1-3H3. The molecule has 3 rings (SSSR count). The van der Waals surface area contributed by atoms with Crippen molar-refractivity contribution >= 4 is 0 Å². The minimum Gasteiger partial charge on any atom is -0.303 e. The van der Waals surface area contributed by atoms with Crippen molar-refractivity contribution < 1.29 is 0 Å². The van der Waals surface area contributed by atoms with Gasteiger partial charge in [-0.05, 0) is 73.6 Å². The van der Waals surface area contributed by atoms with Crippen molar-refractivity contribution in [3.8, 4) is 0 Å². The van der Waals surface area contributed by atoms with Crippen molar-refractivity contribution in [2.45, 2.75) is 71.1 Å². The molecule has 0 N–H and O–H groups in total. The van der Waals surface area contributed by atoms with E-state index in [1.54, 1.807) is 0 Å². The second-order valence-corrected chi connectivity index (χ2v) is 9.01. The van der Waals surface area contributed by atoms with Gasteiger partial charge in [-0.15, -0.1) is 0 Å². The summed E-state index contributed by atoms with van der Waals surface area (Å²) in [5.74, 6) is 2.13. The Morgan fingerprint density at radius 3 is 2.26 bits per heavy atom. The quantitative estimate of drug-likeness (QED) is 0.700. The molecule has 1 heterocycles. The zero-order valence-electron chi connectivity index (χ0n) is 15.5. The van der Waals surface area contributed by atoms with Gasteiger partial charge in [-0.25, -0.2) is 0 Å². The lowest BCUT2D eigenvalue weighted by molar-refractivity contribution is 0.282. The monoisotopic (exact) mass is 313 g/mol. The molecule has 0 bridgehead atoms. The van der Waals surface area contributed by atoms with E-state index in [2.05, 4.69) is 49.9 Å². The minimum absolute atomic E-state index is 0.264. The van der Waals surface area contributed by atoms with Gasteiger partial charge in [0, 0.05) is 6.54 Å². The second-order valence-electron chi connectivity index (χ2n) is 9.01. The number of likely N-dealkylation sites (tertiary alicyclic amines) is 1. The summed E-state index contributed by atoms with van der Waals surface area (Å²) in [5, 5.41) is 0. The summed E-state index contributed by atoms with van der Waals surface area (Å²) in [4.78, 5) is 2.71. The van der Waals surface area contributed by atoms with Gasteiger partial charge in [0.05, 0.1) is 0 Å². The van der Waals surface area contributed by atoms with Gasteiger partial charge in [0.2, 0.25) is 0 Å². The van der Waals surface area contributed by atoms with Crippen LogP contribution in [-0.2, 0) is 11.8 Å². The van der Waals surface area contributed by atoms with Crippen molar-refractivity contribution in [1.29, 1.82) is 0 Å². The fraction of sp³-hybridized carbons (Fsp3) is 0.727. The number of rotatable bonds is 5. The van der Waals surface area contributed by atoms with Gasteiger partial charge in [-0.2, -0.15) is 0 Å². The van der Waals surface area contributed by atoms with E-state index >= 15 is 0 Å². The van der Waals surface area contributed by atoms with Gasteiger partial charge in [-0.3, -0.25) is 0 Å². The Morgan fingerprint density at radius 1 is 0.913 bits per heavy atom. The van der Waals surface area contributed by atoms with E-state index in [0.29, 0.717) is 0 Å². The van der Waals surface area contributed by atoms with E-state index in [1.165, 1.54) is 75.7 Å². The normalized spacial score (nSPS) is 23.7. The molecular weight excluding hydrogens is 278 g/mol. The van der Waals surface area contributed by atoms with Crippen LogP contribution in [-0.4, -0.2) is 24.5 Å². The molecule has 1 atom stereocenters. The van der Waals surface area contributed by atoms with Crippen LogP contribution < -0.4 is 0 Å². The first-order valence-corrected chi connectivity index (χ1v) is 9.82. The highest BCUT2D eigenvalue weighted by Gasteiger charge is 2.26. The van der Waals surface area contributed by atoms with Crippen molar-refractivity contribution in [2.24, 2.45) is 11.8 Å². The first-order valence-electron chi connectivity index (χ1n) is 9.82. The second kappa shape index (κ2) is 7.38. The molecule has 1 heteroatoms. The SMILES string of the molecule is CC(C)(C)c1ccc(CCN2CCCC(CC3CC3)CC2)cc1. The van der Waals surface area contributed by atoms with E-state index in [0.717, 1.165) is 11.8 Å². The Kier molecular flexibility index (Phi) is 5.46. The maximum absolute atomic E-state index is 2.71. The average molecular weight is 314 g/mol. The summed E-state index contributed by atoms with van der Waals surface area (Å²) in [7, 11) is 0. The van der Waals surface area contributed by atoms with Crippen molar-refractivity contribution in [3.63, 3.8) is 0 Å². The lowest BCUT2D eigenvalue weighted by atomic mass is 9.86. The maximum Gasteiger partial charge on any atom is 0.00218 e. The third-order valence-corrected chi connectivity index (χ3v) is 5.84. The summed E-state index contributed by atoms with van der Waals surface area (Å²) in [6.45, 7) is 10.8. The summed E-state index contributed by atoms with van der Waals surface area (Å²) < 4.78 is 0. The molecule has 0 spiro atoms. The van der Waals surface area contributed by atoms with E-state index in [4.69, 9.17) is 0 Å². The predicted octanol–water partition coefficient (Wildman–Crippen LogP) is 5.43. The first kappa shape index (κ1) is 17.0. The van der Waals surface area contributed by atoms with Gasteiger partial charge in [0.25, 0.3) is 0 Å². The summed E-state index contributed by atoms with van der Waals surface area (Å²) in [5.41, 5.74) is 3.20. The molecule has 2 aliphatic rings. The van der Waals surface area contributed by atoms with E-state index in [-0.39, 0.29) is 5.41 Å². The van der Waals surface area contributed by atoms with Gasteiger partial charge in [0.1, 0.15) is 0 Å². The lowest BCUT2D eigenvalue weighted by Crippen LogP contribution is -2.27. The zero-order chi connectivity index (χ0) is 16.3. The third kappa shape index (κ3) is 5.35. The van der Waals surface area contributed by atoms with Crippen LogP contribution >= 0.6 is 0 Å². The lowest BCUT2D eigenvalue weighted by Gasteiger charge is -2.21. The molecule has 1 nitrogen and oxygen atoms in total. The van der Waals surface area contributed by atoms with Gasteiger partial charge in [0.15, 0.2) is 0 Å². The fourth-order valence-corrected chi connectivity index (χ4v) is 3.97. The summed E-state index contributed by atoms with van der Waals surface area (Å²) in [6, 6.07) is 9.33. The number of benzene rings is 1. The van der Waals surface area contributed by atoms with Crippen LogP contribution in [0.5, 0.6) is 0 Å². The van der Waals surface area contributed by atoms with Gasteiger partial charge >= 0.3 is 0 Å². The van der Waals surface area contributed by atoms with Crippen molar-refractivity contribution in [1.82, 2.24) is 4.90 Å². The average Bonchev–Trinajstić information content (AvgIpc) is 3.33.